The highest BCUT2D eigenvalue weighted by molar-refractivity contribution is 5.66. The fourth-order valence-electron chi connectivity index (χ4n) is 1.15. The molecule has 0 amide bonds. The number of hydrogen-bond acceptors (Lipinski definition) is 5. The van der Waals surface area contributed by atoms with Crippen molar-refractivity contribution in [3.63, 3.8) is 0 Å². The van der Waals surface area contributed by atoms with Gasteiger partial charge in [-0.25, -0.2) is 5.43 Å². The third kappa shape index (κ3) is 2.77. The van der Waals surface area contributed by atoms with Gasteiger partial charge in [-0.1, -0.05) is 0 Å². The zero-order valence-electron chi connectivity index (χ0n) is 7.46. The van der Waals surface area contributed by atoms with Gasteiger partial charge in [-0.3, -0.25) is 15.1 Å². The lowest BCUT2D eigenvalue weighted by atomic mass is 10.2. The number of esters is 1. The van der Waals surface area contributed by atoms with Crippen LogP contribution in [0.1, 0.15) is 6.92 Å². The largest absolute Gasteiger partial charge is 0.460 e. The molecule has 5 nitrogen and oxygen atoms in total. The first-order valence-electron chi connectivity index (χ1n) is 4.01. The number of hydrogen-bond donors (Lipinski definition) is 2. The van der Waals surface area contributed by atoms with Crippen molar-refractivity contribution in [3.05, 3.63) is 0 Å². The molecular weight excluding hydrogens is 158 g/mol. The molecule has 0 aromatic heterocycles. The van der Waals surface area contributed by atoms with Crippen molar-refractivity contribution >= 4 is 5.97 Å². The van der Waals surface area contributed by atoms with Crippen LogP contribution in [0.2, 0.25) is 0 Å². The minimum atomic E-state index is -0.193. The maximum Gasteiger partial charge on any atom is 0.302 e. The fourth-order valence-corrected chi connectivity index (χ4v) is 1.15. The third-order valence-corrected chi connectivity index (χ3v) is 1.74. The van der Waals surface area contributed by atoms with E-state index in [2.05, 4.69) is 15.8 Å². The monoisotopic (exact) mass is 173 g/mol. The van der Waals surface area contributed by atoms with Crippen molar-refractivity contribution in [3.8, 4) is 0 Å². The van der Waals surface area contributed by atoms with E-state index in [-0.39, 0.29) is 12.1 Å². The number of carbonyl (C=O) groups excluding carboxylic acids is 1. The molecule has 0 aliphatic carbocycles. The molecular formula is C7H15N3O2. The molecule has 70 valence electrons. The SMILES string of the molecule is CNNCN1CC(OC(C)=O)C1. The summed E-state index contributed by atoms with van der Waals surface area (Å²) in [5.41, 5.74) is 5.78. The van der Waals surface area contributed by atoms with Crippen LogP contribution in [0.25, 0.3) is 0 Å². The van der Waals surface area contributed by atoms with Gasteiger partial charge in [-0.2, -0.15) is 0 Å². The molecule has 1 heterocycles. The van der Waals surface area contributed by atoms with Crippen LogP contribution < -0.4 is 10.9 Å². The van der Waals surface area contributed by atoms with Gasteiger partial charge in [0.25, 0.3) is 0 Å². The summed E-state index contributed by atoms with van der Waals surface area (Å²) < 4.78 is 4.97. The van der Waals surface area contributed by atoms with Gasteiger partial charge < -0.3 is 4.74 Å². The second-order valence-corrected chi connectivity index (χ2v) is 2.85. The summed E-state index contributed by atoms with van der Waals surface area (Å²) in [6, 6.07) is 0. The van der Waals surface area contributed by atoms with Gasteiger partial charge in [-0.15, -0.1) is 0 Å². The van der Waals surface area contributed by atoms with Crippen molar-refractivity contribution in [1.82, 2.24) is 15.8 Å². The van der Waals surface area contributed by atoms with E-state index in [1.54, 1.807) is 0 Å². The standard InChI is InChI=1S/C7H15N3O2/c1-6(11)12-7-3-10(4-7)5-9-8-2/h7-9H,3-5H2,1-2H3. The quantitative estimate of drug-likeness (QED) is 0.418. The van der Waals surface area contributed by atoms with Crippen molar-refractivity contribution < 1.29 is 9.53 Å². The summed E-state index contributed by atoms with van der Waals surface area (Å²) in [5, 5.41) is 0. The average molecular weight is 173 g/mol. The summed E-state index contributed by atoms with van der Waals surface area (Å²) in [7, 11) is 1.82. The van der Waals surface area contributed by atoms with Crippen molar-refractivity contribution in [1.29, 1.82) is 0 Å². The van der Waals surface area contributed by atoms with Gasteiger partial charge in [0.1, 0.15) is 6.10 Å². The Hall–Kier alpha value is -0.650. The topological polar surface area (TPSA) is 53.6 Å². The van der Waals surface area contributed by atoms with E-state index in [9.17, 15) is 4.79 Å². The summed E-state index contributed by atoms with van der Waals surface area (Å²) in [6.07, 6.45) is 0.0983. The minimum absolute atomic E-state index is 0.0983. The molecule has 2 N–H and O–H groups in total. The Kier molecular flexibility index (Phi) is 3.46. The molecule has 0 aromatic rings. The van der Waals surface area contributed by atoms with Crippen LogP contribution in [0.4, 0.5) is 0 Å². The van der Waals surface area contributed by atoms with E-state index >= 15 is 0 Å². The number of ether oxygens (including phenoxy) is 1. The average Bonchev–Trinajstić information content (AvgIpc) is 1.93. The fraction of sp³-hybridized carbons (Fsp3) is 0.857. The van der Waals surface area contributed by atoms with Gasteiger partial charge >= 0.3 is 5.97 Å². The molecule has 0 radical (unpaired) electrons. The number of nitrogens with zero attached hydrogens (tertiary/aromatic N) is 1. The lowest BCUT2D eigenvalue weighted by Gasteiger charge is -2.37. The second kappa shape index (κ2) is 4.39. The highest BCUT2D eigenvalue weighted by Crippen LogP contribution is 2.09. The van der Waals surface area contributed by atoms with Gasteiger partial charge in [0, 0.05) is 20.0 Å². The van der Waals surface area contributed by atoms with E-state index in [0.717, 1.165) is 19.8 Å². The normalized spacial score (nSPS) is 18.8. The molecule has 0 bridgehead atoms. The molecule has 1 rings (SSSR count). The Bertz CT molecular complexity index is 157. The van der Waals surface area contributed by atoms with E-state index in [1.165, 1.54) is 6.92 Å². The van der Waals surface area contributed by atoms with Crippen molar-refractivity contribution in [2.75, 3.05) is 26.8 Å². The minimum Gasteiger partial charge on any atom is -0.460 e. The number of nitrogens with one attached hydrogen (secondary N) is 2. The molecule has 1 aliphatic heterocycles. The Labute approximate surface area is 72.0 Å². The number of hydrazine groups is 1. The predicted octanol–water partition coefficient (Wildman–Crippen LogP) is -1.08. The van der Waals surface area contributed by atoms with Crippen LogP contribution in [-0.2, 0) is 9.53 Å². The van der Waals surface area contributed by atoms with E-state index in [4.69, 9.17) is 4.74 Å². The number of rotatable bonds is 4. The number of likely N-dealkylation sites (tertiary alicyclic amines) is 1. The third-order valence-electron chi connectivity index (χ3n) is 1.74. The predicted molar refractivity (Wildman–Crippen MR) is 44.2 cm³/mol. The van der Waals surface area contributed by atoms with Crippen molar-refractivity contribution in [2.24, 2.45) is 0 Å². The lowest BCUT2D eigenvalue weighted by molar-refractivity contribution is -0.154. The Morgan fingerprint density at radius 2 is 2.33 bits per heavy atom. The Morgan fingerprint density at radius 3 is 2.83 bits per heavy atom. The maximum absolute atomic E-state index is 10.5. The second-order valence-electron chi connectivity index (χ2n) is 2.85. The first-order valence-corrected chi connectivity index (χ1v) is 4.01. The van der Waals surface area contributed by atoms with Gasteiger partial charge in [-0.05, 0) is 7.05 Å². The Balaban J connectivity index is 2.00. The van der Waals surface area contributed by atoms with Crippen LogP contribution in [0.5, 0.6) is 0 Å². The van der Waals surface area contributed by atoms with Gasteiger partial charge in [0.05, 0.1) is 6.67 Å². The molecule has 0 saturated carbocycles. The van der Waals surface area contributed by atoms with Crippen LogP contribution in [-0.4, -0.2) is 43.8 Å². The molecule has 1 aliphatic rings. The zero-order chi connectivity index (χ0) is 8.97. The summed E-state index contributed by atoms with van der Waals surface area (Å²) in [4.78, 5) is 12.6. The zero-order valence-corrected chi connectivity index (χ0v) is 7.46. The van der Waals surface area contributed by atoms with Crippen molar-refractivity contribution in [2.45, 2.75) is 13.0 Å². The van der Waals surface area contributed by atoms with Gasteiger partial charge in [0.2, 0.25) is 0 Å². The summed E-state index contributed by atoms with van der Waals surface area (Å²) in [6.45, 7) is 3.88. The van der Waals surface area contributed by atoms with Crippen LogP contribution in [0.15, 0.2) is 0 Å². The molecule has 0 aromatic carbocycles. The highest BCUT2D eigenvalue weighted by Gasteiger charge is 2.28. The molecule has 1 fully saturated rings. The molecule has 0 spiro atoms. The van der Waals surface area contributed by atoms with Crippen LogP contribution in [0, 0.1) is 0 Å². The van der Waals surface area contributed by atoms with Gasteiger partial charge in [0.15, 0.2) is 0 Å². The molecule has 5 heteroatoms. The maximum atomic E-state index is 10.5. The smallest absolute Gasteiger partial charge is 0.302 e. The van der Waals surface area contributed by atoms with E-state index in [0.29, 0.717) is 0 Å². The molecule has 0 atom stereocenters. The summed E-state index contributed by atoms with van der Waals surface area (Å²) in [5.74, 6) is -0.193. The first kappa shape index (κ1) is 9.44. The molecule has 0 unspecified atom stereocenters. The lowest BCUT2D eigenvalue weighted by Crippen LogP contribution is -2.56. The van der Waals surface area contributed by atoms with Crippen LogP contribution in [0.3, 0.4) is 0 Å². The molecule has 12 heavy (non-hydrogen) atoms. The Morgan fingerprint density at radius 1 is 1.67 bits per heavy atom. The van der Waals surface area contributed by atoms with E-state index in [1.807, 2.05) is 7.05 Å². The van der Waals surface area contributed by atoms with E-state index < -0.39 is 0 Å². The highest BCUT2D eigenvalue weighted by atomic mass is 16.5. The van der Waals surface area contributed by atoms with Crippen LogP contribution >= 0.6 is 0 Å². The summed E-state index contributed by atoms with van der Waals surface area (Å²) >= 11 is 0. The first-order chi connectivity index (χ1) is 5.72. The molecule has 1 saturated heterocycles. The number of carbonyl (C=O) groups is 1.